The van der Waals surface area contributed by atoms with Crippen LogP contribution in [0.3, 0.4) is 0 Å². The van der Waals surface area contributed by atoms with Crippen LogP contribution in [0.25, 0.3) is 5.69 Å². The van der Waals surface area contributed by atoms with Crippen LogP contribution in [0, 0.1) is 0 Å². The Morgan fingerprint density at radius 3 is 2.65 bits per heavy atom. The highest BCUT2D eigenvalue weighted by molar-refractivity contribution is 8.14. The van der Waals surface area contributed by atoms with E-state index in [-0.39, 0.29) is 28.8 Å². The van der Waals surface area contributed by atoms with Crippen LogP contribution in [-0.2, 0) is 4.79 Å². The number of hydrogen-bond donors (Lipinski definition) is 0. The predicted molar refractivity (Wildman–Crippen MR) is 92.8 cm³/mol. The van der Waals surface area contributed by atoms with Crippen LogP contribution in [0.2, 0.25) is 0 Å². The molecule has 2 fully saturated rings. The molecule has 0 radical (unpaired) electrons. The molecule has 0 saturated carbocycles. The monoisotopic (exact) mass is 372 g/mol. The molecular weight excluding hydrogens is 356 g/mol. The lowest BCUT2D eigenvalue weighted by atomic mass is 10.0. The van der Waals surface area contributed by atoms with Crippen molar-refractivity contribution in [3.8, 4) is 5.69 Å². The molecule has 0 N–H and O–H groups in total. The number of nitrogens with zero attached hydrogens (tertiary/aromatic N) is 6. The molecule has 26 heavy (non-hydrogen) atoms. The molecule has 9 nitrogen and oxygen atoms in total. The molecule has 0 aliphatic carbocycles. The lowest BCUT2D eigenvalue weighted by molar-refractivity contribution is -0.126. The summed E-state index contributed by atoms with van der Waals surface area (Å²) in [6, 6.07) is 7.00. The van der Waals surface area contributed by atoms with Gasteiger partial charge in [0.25, 0.3) is 11.1 Å². The highest BCUT2D eigenvalue weighted by atomic mass is 32.2. The molecule has 2 aromatic rings. The molecule has 2 aliphatic rings. The zero-order valence-electron chi connectivity index (χ0n) is 13.8. The minimum absolute atomic E-state index is 0.0770. The van der Waals surface area contributed by atoms with Crippen molar-refractivity contribution in [3.05, 3.63) is 36.2 Å². The van der Waals surface area contributed by atoms with Gasteiger partial charge in [0.05, 0.1) is 11.4 Å². The van der Waals surface area contributed by atoms with E-state index in [2.05, 4.69) is 15.5 Å². The minimum Gasteiger partial charge on any atom is -0.338 e. The molecule has 3 amide bonds. The first-order chi connectivity index (χ1) is 12.6. The number of imide groups is 1. The van der Waals surface area contributed by atoms with Crippen molar-refractivity contribution in [2.75, 3.05) is 18.8 Å². The van der Waals surface area contributed by atoms with Crippen LogP contribution in [0.15, 0.2) is 30.6 Å². The van der Waals surface area contributed by atoms with Gasteiger partial charge in [-0.1, -0.05) is 17.8 Å². The number of thioether (sulfide) groups is 1. The van der Waals surface area contributed by atoms with Gasteiger partial charge in [0.1, 0.15) is 6.33 Å². The zero-order valence-corrected chi connectivity index (χ0v) is 14.6. The molecule has 2 aliphatic heterocycles. The molecule has 2 saturated heterocycles. The quantitative estimate of drug-likeness (QED) is 0.791. The maximum absolute atomic E-state index is 12.8. The summed E-state index contributed by atoms with van der Waals surface area (Å²) in [4.78, 5) is 39.6. The van der Waals surface area contributed by atoms with Gasteiger partial charge in [-0.05, 0) is 41.5 Å². The topological polar surface area (TPSA) is 101 Å². The first-order valence-electron chi connectivity index (χ1n) is 8.25. The van der Waals surface area contributed by atoms with Crippen molar-refractivity contribution < 1.29 is 14.4 Å². The van der Waals surface area contributed by atoms with Gasteiger partial charge in [0, 0.05) is 24.7 Å². The molecule has 10 heteroatoms. The van der Waals surface area contributed by atoms with Crippen molar-refractivity contribution in [1.29, 1.82) is 0 Å². The highest BCUT2D eigenvalue weighted by Gasteiger charge is 2.38. The third kappa shape index (κ3) is 3.07. The van der Waals surface area contributed by atoms with Crippen molar-refractivity contribution in [3.63, 3.8) is 0 Å². The Balaban J connectivity index is 1.43. The van der Waals surface area contributed by atoms with Crippen LogP contribution in [0.5, 0.6) is 0 Å². The van der Waals surface area contributed by atoms with Gasteiger partial charge >= 0.3 is 0 Å². The van der Waals surface area contributed by atoms with Gasteiger partial charge in [-0.25, -0.2) is 4.68 Å². The standard InChI is InChI=1S/C16H16N6O3S/c23-14-9-26-16(25)22(14)12-4-6-20(7-5-12)15(24)11-2-1-3-13(8-11)21-10-17-18-19-21/h1-3,8,10,12H,4-7,9H2. The third-order valence-corrected chi connectivity index (χ3v) is 5.44. The molecule has 3 heterocycles. The number of rotatable bonds is 3. The number of benzene rings is 1. The SMILES string of the molecule is O=C(c1cccc(-n2cnnn2)c1)N1CCC(N2C(=O)CSC2=O)CC1. The molecule has 4 rings (SSSR count). The van der Waals surface area contributed by atoms with E-state index < -0.39 is 0 Å². The first-order valence-corrected chi connectivity index (χ1v) is 9.23. The summed E-state index contributed by atoms with van der Waals surface area (Å²) in [5, 5.41) is 10.8. The Labute approximate surface area is 153 Å². The molecule has 1 aromatic carbocycles. The largest absolute Gasteiger partial charge is 0.338 e. The number of piperidine rings is 1. The average Bonchev–Trinajstić information content (AvgIpc) is 3.32. The molecule has 0 unspecified atom stereocenters. The summed E-state index contributed by atoms with van der Waals surface area (Å²) in [7, 11) is 0. The smallest absolute Gasteiger partial charge is 0.289 e. The molecular formula is C16H16N6O3S. The Kier molecular flexibility index (Phi) is 4.41. The Hall–Kier alpha value is -2.75. The molecule has 0 spiro atoms. The third-order valence-electron chi connectivity index (χ3n) is 4.61. The van der Waals surface area contributed by atoms with Crippen LogP contribution in [-0.4, -0.2) is 71.9 Å². The van der Waals surface area contributed by atoms with E-state index in [1.54, 1.807) is 23.1 Å². The summed E-state index contributed by atoms with van der Waals surface area (Å²) in [6.45, 7) is 1.03. The number of carbonyl (C=O) groups is 3. The molecule has 1 aromatic heterocycles. The van der Waals surface area contributed by atoms with E-state index in [1.165, 1.54) is 15.9 Å². The van der Waals surface area contributed by atoms with Crippen LogP contribution in [0.4, 0.5) is 4.79 Å². The number of tetrazole rings is 1. The van der Waals surface area contributed by atoms with E-state index in [0.717, 1.165) is 11.8 Å². The normalized spacial score (nSPS) is 18.6. The van der Waals surface area contributed by atoms with Gasteiger partial charge in [0.2, 0.25) is 5.91 Å². The lowest BCUT2D eigenvalue weighted by Gasteiger charge is -2.35. The van der Waals surface area contributed by atoms with E-state index in [1.807, 2.05) is 6.07 Å². The number of hydrogen-bond acceptors (Lipinski definition) is 7. The average molecular weight is 372 g/mol. The Bertz CT molecular complexity index is 831. The fourth-order valence-corrected chi connectivity index (χ4v) is 4.06. The summed E-state index contributed by atoms with van der Waals surface area (Å²) in [6.07, 6.45) is 2.68. The number of likely N-dealkylation sites (tertiary alicyclic amines) is 1. The fourth-order valence-electron chi connectivity index (χ4n) is 3.29. The first kappa shape index (κ1) is 16.7. The van der Waals surface area contributed by atoms with Crippen molar-refractivity contribution >= 4 is 28.8 Å². The second-order valence-electron chi connectivity index (χ2n) is 6.15. The van der Waals surface area contributed by atoms with Crippen molar-refractivity contribution in [1.82, 2.24) is 30.0 Å². The van der Waals surface area contributed by atoms with Gasteiger partial charge in [-0.15, -0.1) is 5.10 Å². The van der Waals surface area contributed by atoms with Crippen molar-refractivity contribution in [2.24, 2.45) is 0 Å². The Morgan fingerprint density at radius 2 is 2.00 bits per heavy atom. The summed E-state index contributed by atoms with van der Waals surface area (Å²) < 4.78 is 1.49. The summed E-state index contributed by atoms with van der Waals surface area (Å²) in [5.41, 5.74) is 1.27. The van der Waals surface area contributed by atoms with Gasteiger partial charge < -0.3 is 4.90 Å². The number of amides is 3. The van der Waals surface area contributed by atoms with E-state index in [9.17, 15) is 14.4 Å². The second-order valence-corrected chi connectivity index (χ2v) is 7.07. The van der Waals surface area contributed by atoms with Gasteiger partial charge in [0.15, 0.2) is 0 Å². The number of aromatic nitrogens is 4. The van der Waals surface area contributed by atoms with Crippen LogP contribution < -0.4 is 0 Å². The summed E-state index contributed by atoms with van der Waals surface area (Å²) in [5.74, 6) is 0.0211. The maximum Gasteiger partial charge on any atom is 0.289 e. The maximum atomic E-state index is 12.8. The van der Waals surface area contributed by atoms with E-state index >= 15 is 0 Å². The van der Waals surface area contributed by atoms with E-state index in [0.29, 0.717) is 37.2 Å². The minimum atomic E-state index is -0.172. The molecule has 0 atom stereocenters. The second kappa shape index (κ2) is 6.87. The lowest BCUT2D eigenvalue weighted by Crippen LogP contribution is -2.48. The van der Waals surface area contributed by atoms with Gasteiger partial charge in [-0.3, -0.25) is 19.3 Å². The highest BCUT2D eigenvalue weighted by Crippen LogP contribution is 2.27. The van der Waals surface area contributed by atoms with E-state index in [4.69, 9.17) is 0 Å². The zero-order chi connectivity index (χ0) is 18.1. The van der Waals surface area contributed by atoms with Crippen LogP contribution in [0.1, 0.15) is 23.2 Å². The van der Waals surface area contributed by atoms with Gasteiger partial charge in [-0.2, -0.15) is 0 Å². The van der Waals surface area contributed by atoms with Crippen LogP contribution >= 0.6 is 11.8 Å². The fraction of sp³-hybridized carbons (Fsp3) is 0.375. The Morgan fingerprint density at radius 1 is 1.19 bits per heavy atom. The number of carbonyl (C=O) groups excluding carboxylic acids is 3. The summed E-state index contributed by atoms with van der Waals surface area (Å²) >= 11 is 1.05. The molecule has 0 bridgehead atoms. The molecule has 134 valence electrons. The van der Waals surface area contributed by atoms with Crippen molar-refractivity contribution in [2.45, 2.75) is 18.9 Å². The predicted octanol–water partition coefficient (Wildman–Crippen LogP) is 0.962.